The van der Waals surface area contributed by atoms with Crippen LogP contribution >= 0.6 is 0 Å². The summed E-state index contributed by atoms with van der Waals surface area (Å²) in [5, 5.41) is 38.0. The second-order valence-electron chi connectivity index (χ2n) is 4.05. The van der Waals surface area contributed by atoms with Crippen LogP contribution < -0.4 is 0 Å². The number of carbonyl (C=O) groups excluding carboxylic acids is 1. The highest BCUT2D eigenvalue weighted by Gasteiger charge is 2.20. The van der Waals surface area contributed by atoms with E-state index in [1.807, 2.05) is 0 Å². The zero-order chi connectivity index (χ0) is 14.9. The Labute approximate surface area is 113 Å². The number of rotatable bonds is 3. The van der Waals surface area contributed by atoms with E-state index in [2.05, 4.69) is 0 Å². The number of phenolic OH excluding ortho intramolecular Hbond substituents is 3. The largest absolute Gasteiger partial charge is 0.508 e. The van der Waals surface area contributed by atoms with Crippen LogP contribution in [0.1, 0.15) is 20.7 Å². The number of phenols is 3. The van der Waals surface area contributed by atoms with Gasteiger partial charge >= 0.3 is 5.97 Å². The molecule has 20 heavy (non-hydrogen) atoms. The molecular weight excluding hydrogens is 264 g/mol. The lowest BCUT2D eigenvalue weighted by Gasteiger charge is -2.12. The molecule has 6 nitrogen and oxygen atoms in total. The van der Waals surface area contributed by atoms with E-state index < -0.39 is 17.5 Å². The van der Waals surface area contributed by atoms with Crippen LogP contribution in [0.25, 0.3) is 11.1 Å². The van der Waals surface area contributed by atoms with Crippen LogP contribution in [-0.4, -0.2) is 32.7 Å². The highest BCUT2D eigenvalue weighted by molar-refractivity contribution is 6.01. The molecule has 0 aliphatic rings. The standard InChI is InChI=1S/C14H10O6/c15-6-7-1-4-11(17)13(18)12(7)10-5-8(16)2-3-9(10)14(19)20/h1-6,16-18H,(H,19,20). The molecular formula is C14H10O6. The third-order valence-corrected chi connectivity index (χ3v) is 2.82. The Balaban J connectivity index is 2.87. The lowest BCUT2D eigenvalue weighted by molar-refractivity contribution is 0.0697. The third-order valence-electron chi connectivity index (χ3n) is 2.82. The summed E-state index contributed by atoms with van der Waals surface area (Å²) in [4.78, 5) is 22.2. The Morgan fingerprint density at radius 2 is 1.75 bits per heavy atom. The van der Waals surface area contributed by atoms with Gasteiger partial charge < -0.3 is 20.4 Å². The summed E-state index contributed by atoms with van der Waals surface area (Å²) in [6.45, 7) is 0. The monoisotopic (exact) mass is 274 g/mol. The predicted octanol–water partition coefficient (Wildman–Crippen LogP) is 1.98. The maximum atomic E-state index is 11.2. The SMILES string of the molecule is O=Cc1ccc(O)c(O)c1-c1cc(O)ccc1C(=O)O. The minimum absolute atomic E-state index is 0.00611. The summed E-state index contributed by atoms with van der Waals surface area (Å²) in [5.74, 6) is -2.64. The minimum atomic E-state index is -1.29. The van der Waals surface area contributed by atoms with Crippen LogP contribution in [0.15, 0.2) is 30.3 Å². The van der Waals surface area contributed by atoms with Gasteiger partial charge in [0.25, 0.3) is 0 Å². The number of carbonyl (C=O) groups is 2. The lowest BCUT2D eigenvalue weighted by Crippen LogP contribution is -2.01. The number of aromatic carboxylic acids is 1. The number of benzene rings is 2. The van der Waals surface area contributed by atoms with Crippen molar-refractivity contribution in [2.45, 2.75) is 0 Å². The molecule has 0 heterocycles. The van der Waals surface area contributed by atoms with Crippen LogP contribution in [0, 0.1) is 0 Å². The van der Waals surface area contributed by atoms with Crippen molar-refractivity contribution in [2.24, 2.45) is 0 Å². The Hall–Kier alpha value is -3.02. The number of hydrogen-bond donors (Lipinski definition) is 4. The maximum absolute atomic E-state index is 11.2. The number of hydrogen-bond acceptors (Lipinski definition) is 5. The van der Waals surface area contributed by atoms with E-state index in [4.69, 9.17) is 5.11 Å². The van der Waals surface area contributed by atoms with Crippen molar-refractivity contribution < 1.29 is 30.0 Å². The van der Waals surface area contributed by atoms with Gasteiger partial charge in [-0.05, 0) is 30.3 Å². The van der Waals surface area contributed by atoms with Gasteiger partial charge in [-0.2, -0.15) is 0 Å². The van der Waals surface area contributed by atoms with Gasteiger partial charge in [0.2, 0.25) is 0 Å². The second kappa shape index (κ2) is 4.93. The molecule has 0 spiro atoms. The first kappa shape index (κ1) is 13.4. The molecule has 0 amide bonds. The molecule has 102 valence electrons. The van der Waals surface area contributed by atoms with Crippen molar-refractivity contribution in [3.05, 3.63) is 41.5 Å². The summed E-state index contributed by atoms with van der Waals surface area (Å²) < 4.78 is 0. The fraction of sp³-hybridized carbons (Fsp3) is 0. The molecule has 2 aromatic carbocycles. The number of aromatic hydroxyl groups is 3. The zero-order valence-electron chi connectivity index (χ0n) is 10.1. The second-order valence-corrected chi connectivity index (χ2v) is 4.05. The normalized spacial score (nSPS) is 10.2. The van der Waals surface area contributed by atoms with Gasteiger partial charge in [-0.3, -0.25) is 4.79 Å². The van der Waals surface area contributed by atoms with Crippen molar-refractivity contribution in [1.29, 1.82) is 0 Å². The predicted molar refractivity (Wildman–Crippen MR) is 69.2 cm³/mol. The Morgan fingerprint density at radius 3 is 2.35 bits per heavy atom. The van der Waals surface area contributed by atoms with Gasteiger partial charge in [0, 0.05) is 16.7 Å². The van der Waals surface area contributed by atoms with Gasteiger partial charge in [0.1, 0.15) is 5.75 Å². The van der Waals surface area contributed by atoms with Gasteiger partial charge in [-0.1, -0.05) is 0 Å². The number of carboxylic acid groups (broad SMARTS) is 1. The molecule has 4 N–H and O–H groups in total. The van der Waals surface area contributed by atoms with Gasteiger partial charge in [-0.15, -0.1) is 0 Å². The van der Waals surface area contributed by atoms with Gasteiger partial charge in [0.05, 0.1) is 5.56 Å². The van der Waals surface area contributed by atoms with Crippen LogP contribution in [0.3, 0.4) is 0 Å². The van der Waals surface area contributed by atoms with Gasteiger partial charge in [-0.25, -0.2) is 4.79 Å². The van der Waals surface area contributed by atoms with E-state index in [-0.39, 0.29) is 28.0 Å². The summed E-state index contributed by atoms with van der Waals surface area (Å²) in [7, 11) is 0. The molecule has 2 aromatic rings. The van der Waals surface area contributed by atoms with Crippen LogP contribution in [0.4, 0.5) is 0 Å². The molecule has 0 unspecified atom stereocenters. The fourth-order valence-corrected chi connectivity index (χ4v) is 1.90. The summed E-state index contributed by atoms with van der Waals surface area (Å²) in [6, 6.07) is 5.78. The molecule has 0 fully saturated rings. The Bertz CT molecular complexity index is 705. The molecule has 6 heteroatoms. The summed E-state index contributed by atoms with van der Waals surface area (Å²) in [5.41, 5.74) is -0.429. The Morgan fingerprint density at radius 1 is 1.05 bits per heavy atom. The minimum Gasteiger partial charge on any atom is -0.508 e. The first-order valence-corrected chi connectivity index (χ1v) is 5.52. The van der Waals surface area contributed by atoms with E-state index >= 15 is 0 Å². The molecule has 2 rings (SSSR count). The van der Waals surface area contributed by atoms with E-state index in [1.54, 1.807) is 0 Å². The van der Waals surface area contributed by atoms with Crippen molar-refractivity contribution in [1.82, 2.24) is 0 Å². The molecule has 0 bridgehead atoms. The molecule has 0 aliphatic carbocycles. The highest BCUT2D eigenvalue weighted by atomic mass is 16.4. The zero-order valence-corrected chi connectivity index (χ0v) is 10.1. The van der Waals surface area contributed by atoms with Crippen LogP contribution in [-0.2, 0) is 0 Å². The van der Waals surface area contributed by atoms with E-state index in [0.717, 1.165) is 18.2 Å². The molecule has 0 saturated carbocycles. The smallest absolute Gasteiger partial charge is 0.336 e. The molecule has 0 aliphatic heterocycles. The van der Waals surface area contributed by atoms with E-state index in [0.29, 0.717) is 6.29 Å². The Kier molecular flexibility index (Phi) is 3.30. The average Bonchev–Trinajstić information content (AvgIpc) is 2.41. The molecule has 0 saturated heterocycles. The summed E-state index contributed by atoms with van der Waals surface area (Å²) >= 11 is 0. The highest BCUT2D eigenvalue weighted by Crippen LogP contribution is 2.41. The number of carboxylic acids is 1. The average molecular weight is 274 g/mol. The van der Waals surface area contributed by atoms with Crippen LogP contribution in [0.2, 0.25) is 0 Å². The van der Waals surface area contributed by atoms with Crippen molar-refractivity contribution >= 4 is 12.3 Å². The fourth-order valence-electron chi connectivity index (χ4n) is 1.90. The van der Waals surface area contributed by atoms with Gasteiger partial charge in [0.15, 0.2) is 17.8 Å². The topological polar surface area (TPSA) is 115 Å². The van der Waals surface area contributed by atoms with Crippen LogP contribution in [0.5, 0.6) is 17.2 Å². The molecule has 0 aromatic heterocycles. The molecule has 0 atom stereocenters. The van der Waals surface area contributed by atoms with E-state index in [1.165, 1.54) is 12.1 Å². The number of aldehydes is 1. The first-order valence-electron chi connectivity index (χ1n) is 5.52. The van der Waals surface area contributed by atoms with Crippen molar-refractivity contribution in [2.75, 3.05) is 0 Å². The maximum Gasteiger partial charge on any atom is 0.336 e. The first-order chi connectivity index (χ1) is 9.45. The van der Waals surface area contributed by atoms with E-state index in [9.17, 15) is 24.9 Å². The molecule has 0 radical (unpaired) electrons. The van der Waals surface area contributed by atoms with Crippen molar-refractivity contribution in [3.63, 3.8) is 0 Å². The third kappa shape index (κ3) is 2.14. The van der Waals surface area contributed by atoms with Crippen molar-refractivity contribution in [3.8, 4) is 28.4 Å². The lowest BCUT2D eigenvalue weighted by atomic mass is 9.94. The quantitative estimate of drug-likeness (QED) is 0.502. The summed E-state index contributed by atoms with van der Waals surface area (Å²) in [6.07, 6.45) is 0.421.